The van der Waals surface area contributed by atoms with Gasteiger partial charge in [-0.1, -0.05) is 323 Å². The first-order valence-corrected chi connectivity index (χ1v) is 31.0. The third kappa shape index (κ3) is 55.3. The van der Waals surface area contributed by atoms with Crippen LogP contribution >= 0.6 is 0 Å². The van der Waals surface area contributed by atoms with Crippen LogP contribution in [0.4, 0.5) is 0 Å². The van der Waals surface area contributed by atoms with E-state index in [9.17, 15) is 14.4 Å². The Kier molecular flexibility index (Phi) is 56.6. The van der Waals surface area contributed by atoms with E-state index in [1.54, 1.807) is 0 Å². The number of ether oxygens (including phenoxy) is 3. The standard InChI is InChI=1S/C62H120O6/c1-4-7-10-13-16-19-22-25-28-30-31-32-35-38-41-44-47-50-53-56-62(65)68-59(57-66-60(63)54-51-48-45-42-39-36-33-27-24-21-18-15-12-9-6-3)58-67-61(64)55-52-49-46-43-40-37-34-29-26-23-20-17-14-11-8-5-2/h59H,4-58H2,1-3H3/t59-/m0/s1. The maximum absolute atomic E-state index is 12.9. The maximum atomic E-state index is 12.9. The highest BCUT2D eigenvalue weighted by atomic mass is 16.6. The minimum atomic E-state index is -0.762. The van der Waals surface area contributed by atoms with Gasteiger partial charge in [-0.05, 0) is 19.3 Å². The van der Waals surface area contributed by atoms with E-state index < -0.39 is 6.10 Å². The molecule has 0 fully saturated rings. The lowest BCUT2D eigenvalue weighted by atomic mass is 10.0. The topological polar surface area (TPSA) is 78.9 Å². The molecular formula is C62H120O6. The zero-order valence-electron chi connectivity index (χ0n) is 46.4. The van der Waals surface area contributed by atoms with Gasteiger partial charge >= 0.3 is 17.9 Å². The van der Waals surface area contributed by atoms with Gasteiger partial charge in [-0.25, -0.2) is 0 Å². The Morgan fingerprint density at radius 2 is 0.397 bits per heavy atom. The van der Waals surface area contributed by atoms with Crippen LogP contribution in [0.15, 0.2) is 0 Å². The van der Waals surface area contributed by atoms with Crippen molar-refractivity contribution in [3.8, 4) is 0 Å². The third-order valence-electron chi connectivity index (χ3n) is 14.4. The first-order valence-electron chi connectivity index (χ1n) is 31.0. The second-order valence-electron chi connectivity index (χ2n) is 21.3. The Bertz CT molecular complexity index is 1010. The second-order valence-corrected chi connectivity index (χ2v) is 21.3. The summed E-state index contributed by atoms with van der Waals surface area (Å²) in [4.78, 5) is 38.2. The normalized spacial score (nSPS) is 11.9. The van der Waals surface area contributed by atoms with Gasteiger partial charge in [0, 0.05) is 19.3 Å². The summed E-state index contributed by atoms with van der Waals surface area (Å²) in [5, 5.41) is 0. The van der Waals surface area contributed by atoms with Gasteiger partial charge in [0.1, 0.15) is 13.2 Å². The molecule has 0 aromatic rings. The molecule has 0 radical (unpaired) electrons. The highest BCUT2D eigenvalue weighted by molar-refractivity contribution is 5.71. The van der Waals surface area contributed by atoms with E-state index in [1.165, 1.54) is 263 Å². The quantitative estimate of drug-likeness (QED) is 0.0343. The van der Waals surface area contributed by atoms with Crippen molar-refractivity contribution in [1.29, 1.82) is 0 Å². The molecule has 0 unspecified atom stereocenters. The van der Waals surface area contributed by atoms with Crippen LogP contribution in [0.1, 0.15) is 361 Å². The molecule has 6 heteroatoms. The highest BCUT2D eigenvalue weighted by Crippen LogP contribution is 2.18. The summed E-state index contributed by atoms with van der Waals surface area (Å²) in [7, 11) is 0. The Morgan fingerprint density at radius 3 is 0.588 bits per heavy atom. The van der Waals surface area contributed by atoms with Crippen LogP contribution in [0.3, 0.4) is 0 Å². The molecule has 0 aliphatic carbocycles. The molecule has 0 N–H and O–H groups in total. The highest BCUT2D eigenvalue weighted by Gasteiger charge is 2.19. The van der Waals surface area contributed by atoms with E-state index in [0.29, 0.717) is 19.3 Å². The molecule has 0 aliphatic rings. The summed E-state index contributed by atoms with van der Waals surface area (Å²) in [6.45, 7) is 6.72. The van der Waals surface area contributed by atoms with Crippen molar-refractivity contribution < 1.29 is 28.6 Å². The van der Waals surface area contributed by atoms with E-state index >= 15 is 0 Å². The van der Waals surface area contributed by atoms with Crippen molar-refractivity contribution in [2.45, 2.75) is 367 Å². The lowest BCUT2D eigenvalue weighted by Crippen LogP contribution is -2.30. The van der Waals surface area contributed by atoms with E-state index in [-0.39, 0.29) is 31.1 Å². The summed E-state index contributed by atoms with van der Waals surface area (Å²) >= 11 is 0. The van der Waals surface area contributed by atoms with Gasteiger partial charge in [-0.2, -0.15) is 0 Å². The molecule has 1 atom stereocenters. The summed E-state index contributed by atoms with van der Waals surface area (Å²) in [6.07, 6.45) is 65.3. The number of carbonyl (C=O) groups is 3. The van der Waals surface area contributed by atoms with Crippen LogP contribution in [0, 0.1) is 0 Å². The van der Waals surface area contributed by atoms with E-state index in [4.69, 9.17) is 14.2 Å². The van der Waals surface area contributed by atoms with Gasteiger partial charge in [0.25, 0.3) is 0 Å². The molecule has 0 rings (SSSR count). The van der Waals surface area contributed by atoms with Crippen LogP contribution in [0.25, 0.3) is 0 Å². The number of carbonyl (C=O) groups excluding carboxylic acids is 3. The van der Waals surface area contributed by atoms with Gasteiger partial charge in [0.05, 0.1) is 0 Å². The molecule has 0 amide bonds. The van der Waals surface area contributed by atoms with Crippen LogP contribution in [0.5, 0.6) is 0 Å². The lowest BCUT2D eigenvalue weighted by molar-refractivity contribution is -0.167. The third-order valence-corrected chi connectivity index (χ3v) is 14.4. The molecule has 0 spiro atoms. The number of hydrogen-bond donors (Lipinski definition) is 0. The summed E-state index contributed by atoms with van der Waals surface area (Å²) < 4.78 is 16.9. The molecule has 68 heavy (non-hydrogen) atoms. The van der Waals surface area contributed by atoms with Crippen LogP contribution in [-0.4, -0.2) is 37.2 Å². The van der Waals surface area contributed by atoms with Crippen molar-refractivity contribution in [2.24, 2.45) is 0 Å². The summed E-state index contributed by atoms with van der Waals surface area (Å²) in [5.74, 6) is -0.826. The van der Waals surface area contributed by atoms with Crippen molar-refractivity contribution >= 4 is 17.9 Å². The van der Waals surface area contributed by atoms with Gasteiger partial charge in [-0.15, -0.1) is 0 Å². The fraction of sp³-hybridized carbons (Fsp3) is 0.952. The Morgan fingerprint density at radius 1 is 0.235 bits per heavy atom. The molecule has 0 heterocycles. The van der Waals surface area contributed by atoms with Crippen molar-refractivity contribution in [3.05, 3.63) is 0 Å². The SMILES string of the molecule is CCCCCCCCCCCCCCCCCCCCCC(=O)O[C@@H](COC(=O)CCCCCCCCCCCCCCCCC)COC(=O)CCCCCCCCCCCCCCCCCC. The zero-order valence-corrected chi connectivity index (χ0v) is 46.4. The average Bonchev–Trinajstić information content (AvgIpc) is 3.34. The summed E-state index contributed by atoms with van der Waals surface area (Å²) in [5.41, 5.74) is 0. The monoisotopic (exact) mass is 961 g/mol. The smallest absolute Gasteiger partial charge is 0.306 e. The molecule has 0 aliphatic heterocycles. The van der Waals surface area contributed by atoms with Gasteiger partial charge in [-0.3, -0.25) is 14.4 Å². The molecule has 0 saturated carbocycles. The molecule has 0 saturated heterocycles. The fourth-order valence-corrected chi connectivity index (χ4v) is 9.68. The minimum Gasteiger partial charge on any atom is -0.462 e. The van der Waals surface area contributed by atoms with Crippen molar-refractivity contribution in [1.82, 2.24) is 0 Å². The molecule has 404 valence electrons. The molecule has 0 aromatic carbocycles. The Balaban J connectivity index is 4.28. The zero-order chi connectivity index (χ0) is 49.3. The molecule has 6 nitrogen and oxygen atoms in total. The minimum absolute atomic E-state index is 0.0607. The van der Waals surface area contributed by atoms with Crippen molar-refractivity contribution in [3.63, 3.8) is 0 Å². The van der Waals surface area contributed by atoms with Gasteiger partial charge in [0.2, 0.25) is 0 Å². The summed E-state index contributed by atoms with van der Waals surface area (Å²) in [6, 6.07) is 0. The fourth-order valence-electron chi connectivity index (χ4n) is 9.68. The van der Waals surface area contributed by atoms with Crippen molar-refractivity contribution in [2.75, 3.05) is 13.2 Å². The number of rotatable bonds is 58. The maximum Gasteiger partial charge on any atom is 0.306 e. The molecular weight excluding hydrogens is 841 g/mol. The lowest BCUT2D eigenvalue weighted by Gasteiger charge is -2.18. The Labute approximate surface area is 425 Å². The first-order chi connectivity index (χ1) is 33.5. The van der Waals surface area contributed by atoms with Crippen LogP contribution < -0.4 is 0 Å². The largest absolute Gasteiger partial charge is 0.462 e. The number of hydrogen-bond acceptors (Lipinski definition) is 6. The number of unbranched alkanes of at least 4 members (excludes halogenated alkanes) is 47. The van der Waals surface area contributed by atoms with Crippen LogP contribution in [-0.2, 0) is 28.6 Å². The van der Waals surface area contributed by atoms with Gasteiger partial charge < -0.3 is 14.2 Å². The molecule has 0 bridgehead atoms. The predicted octanol–water partition coefficient (Wildman–Crippen LogP) is 20.7. The Hall–Kier alpha value is -1.59. The number of esters is 3. The van der Waals surface area contributed by atoms with E-state index in [1.807, 2.05) is 0 Å². The van der Waals surface area contributed by atoms with E-state index in [0.717, 1.165) is 57.8 Å². The van der Waals surface area contributed by atoms with E-state index in [2.05, 4.69) is 20.8 Å². The average molecular weight is 962 g/mol. The molecule has 0 aromatic heterocycles. The van der Waals surface area contributed by atoms with Gasteiger partial charge in [0.15, 0.2) is 6.10 Å². The second kappa shape index (κ2) is 58.0. The van der Waals surface area contributed by atoms with Crippen LogP contribution in [0.2, 0.25) is 0 Å². The first kappa shape index (κ1) is 66.4. The predicted molar refractivity (Wildman–Crippen MR) is 294 cm³/mol.